The zero-order valence-electron chi connectivity index (χ0n) is 12.7. The summed E-state index contributed by atoms with van der Waals surface area (Å²) in [6, 6.07) is 4.99. The molecule has 1 aromatic carbocycles. The number of benzene rings is 1. The molecule has 0 unspecified atom stereocenters. The lowest BCUT2D eigenvalue weighted by molar-refractivity contribution is -0.134. The monoisotopic (exact) mass is 342 g/mol. The maximum absolute atomic E-state index is 12.5. The summed E-state index contributed by atoms with van der Waals surface area (Å²) in [5.41, 5.74) is -0.614. The van der Waals surface area contributed by atoms with Crippen LogP contribution in [-0.4, -0.2) is 18.4 Å². The van der Waals surface area contributed by atoms with Crippen molar-refractivity contribution in [1.82, 2.24) is 5.32 Å². The van der Waals surface area contributed by atoms with Crippen LogP contribution in [0.15, 0.2) is 18.2 Å². The first-order valence-corrected chi connectivity index (χ1v) is 8.16. The van der Waals surface area contributed by atoms with E-state index in [9.17, 15) is 9.59 Å². The molecule has 2 N–H and O–H groups in total. The van der Waals surface area contributed by atoms with E-state index in [0.29, 0.717) is 41.0 Å². The van der Waals surface area contributed by atoms with Crippen molar-refractivity contribution in [3.8, 4) is 0 Å². The predicted molar refractivity (Wildman–Crippen MR) is 89.2 cm³/mol. The van der Waals surface area contributed by atoms with E-state index in [1.165, 1.54) is 0 Å². The number of anilines is 1. The van der Waals surface area contributed by atoms with Crippen LogP contribution >= 0.6 is 23.2 Å². The van der Waals surface area contributed by atoms with Crippen molar-refractivity contribution < 1.29 is 9.59 Å². The molecule has 1 aromatic rings. The van der Waals surface area contributed by atoms with Gasteiger partial charge >= 0.3 is 0 Å². The fourth-order valence-electron chi connectivity index (χ4n) is 2.18. The normalized spacial score (nSPS) is 15.5. The van der Waals surface area contributed by atoms with Crippen molar-refractivity contribution in [2.75, 3.05) is 11.9 Å². The van der Waals surface area contributed by atoms with Crippen molar-refractivity contribution in [2.45, 2.75) is 33.1 Å². The van der Waals surface area contributed by atoms with Gasteiger partial charge in [-0.15, -0.1) is 0 Å². The average molecular weight is 343 g/mol. The van der Waals surface area contributed by atoms with Gasteiger partial charge in [0.15, 0.2) is 0 Å². The first-order valence-electron chi connectivity index (χ1n) is 7.40. The van der Waals surface area contributed by atoms with Gasteiger partial charge in [-0.05, 0) is 37.3 Å². The van der Waals surface area contributed by atoms with E-state index in [2.05, 4.69) is 24.5 Å². The average Bonchev–Trinajstić information content (AvgIpc) is 3.24. The first kappa shape index (κ1) is 17.1. The van der Waals surface area contributed by atoms with Gasteiger partial charge in [-0.2, -0.15) is 0 Å². The molecule has 6 heteroatoms. The van der Waals surface area contributed by atoms with E-state index < -0.39 is 5.41 Å². The van der Waals surface area contributed by atoms with Crippen molar-refractivity contribution in [1.29, 1.82) is 0 Å². The Morgan fingerprint density at radius 3 is 2.27 bits per heavy atom. The second kappa shape index (κ2) is 6.88. The molecule has 0 radical (unpaired) electrons. The van der Waals surface area contributed by atoms with Crippen LogP contribution in [0.4, 0.5) is 5.69 Å². The first-order chi connectivity index (χ1) is 10.4. The van der Waals surface area contributed by atoms with E-state index >= 15 is 0 Å². The number of nitrogens with one attached hydrogen (secondary N) is 2. The Kier molecular flexibility index (Phi) is 5.35. The fraction of sp³-hybridized carbons (Fsp3) is 0.500. The summed E-state index contributed by atoms with van der Waals surface area (Å²) >= 11 is 12.1. The van der Waals surface area contributed by atoms with Crippen molar-refractivity contribution in [2.24, 2.45) is 11.3 Å². The number of amides is 2. The van der Waals surface area contributed by atoms with Crippen LogP contribution in [0.25, 0.3) is 0 Å². The Morgan fingerprint density at radius 1 is 1.18 bits per heavy atom. The summed E-state index contributed by atoms with van der Waals surface area (Å²) < 4.78 is 0. The maximum Gasteiger partial charge on any atom is 0.240 e. The molecule has 1 fully saturated rings. The molecule has 0 aliphatic heterocycles. The van der Waals surface area contributed by atoms with E-state index in [-0.39, 0.29) is 11.8 Å². The van der Waals surface area contributed by atoms with Crippen molar-refractivity contribution in [3.63, 3.8) is 0 Å². The molecule has 0 spiro atoms. The largest absolute Gasteiger partial charge is 0.355 e. The highest BCUT2D eigenvalue weighted by Gasteiger charge is 2.56. The summed E-state index contributed by atoms with van der Waals surface area (Å²) in [7, 11) is 0. The minimum absolute atomic E-state index is 0.214. The lowest BCUT2D eigenvalue weighted by Gasteiger charge is -2.17. The van der Waals surface area contributed by atoms with Gasteiger partial charge in [0.2, 0.25) is 11.8 Å². The minimum Gasteiger partial charge on any atom is -0.355 e. The van der Waals surface area contributed by atoms with Gasteiger partial charge in [-0.3, -0.25) is 9.59 Å². The third-order valence-corrected chi connectivity index (χ3v) is 4.46. The zero-order valence-corrected chi connectivity index (χ0v) is 14.2. The molecule has 0 atom stereocenters. The Morgan fingerprint density at radius 2 is 1.77 bits per heavy atom. The molecule has 22 heavy (non-hydrogen) atoms. The molecule has 1 aliphatic carbocycles. The molecule has 120 valence electrons. The number of halogens is 2. The van der Waals surface area contributed by atoms with Crippen LogP contribution < -0.4 is 10.6 Å². The van der Waals surface area contributed by atoms with Gasteiger partial charge < -0.3 is 10.6 Å². The van der Waals surface area contributed by atoms with E-state index in [4.69, 9.17) is 23.2 Å². The molecule has 2 amide bonds. The van der Waals surface area contributed by atoms with Crippen LogP contribution in [0.1, 0.15) is 33.1 Å². The summed E-state index contributed by atoms with van der Waals surface area (Å²) in [5.74, 6) is -0.0513. The highest BCUT2D eigenvalue weighted by atomic mass is 35.5. The highest BCUT2D eigenvalue weighted by molar-refractivity contribution is 6.40. The number of carbonyl (C=O) groups excluding carboxylic acids is 2. The van der Waals surface area contributed by atoms with Gasteiger partial charge in [0, 0.05) is 6.54 Å². The molecular weight excluding hydrogens is 323 g/mol. The van der Waals surface area contributed by atoms with Gasteiger partial charge in [0.05, 0.1) is 15.7 Å². The van der Waals surface area contributed by atoms with Gasteiger partial charge in [-0.25, -0.2) is 0 Å². The fourth-order valence-corrected chi connectivity index (χ4v) is 2.67. The molecule has 0 bridgehead atoms. The van der Waals surface area contributed by atoms with Crippen molar-refractivity contribution >= 4 is 40.7 Å². The number of rotatable bonds is 6. The number of hydrogen-bond acceptors (Lipinski definition) is 2. The molecule has 1 saturated carbocycles. The highest BCUT2D eigenvalue weighted by Crippen LogP contribution is 2.47. The number of carbonyl (C=O) groups is 2. The topological polar surface area (TPSA) is 58.2 Å². The lowest BCUT2D eigenvalue weighted by atomic mass is 10.0. The van der Waals surface area contributed by atoms with Gasteiger partial charge in [0.25, 0.3) is 0 Å². The number of para-hydroxylation sites is 1. The van der Waals surface area contributed by atoms with E-state index in [0.717, 1.165) is 6.42 Å². The maximum atomic E-state index is 12.5. The Labute approximate surface area is 140 Å². The summed E-state index contributed by atoms with van der Waals surface area (Å²) in [5, 5.41) is 6.26. The van der Waals surface area contributed by atoms with Crippen LogP contribution in [0.3, 0.4) is 0 Å². The second-order valence-corrected chi connectivity index (χ2v) is 6.89. The molecule has 1 aliphatic rings. The third kappa shape index (κ3) is 3.73. The number of hydrogen-bond donors (Lipinski definition) is 2. The Balaban J connectivity index is 2.01. The molecular formula is C16H20Cl2N2O2. The van der Waals surface area contributed by atoms with E-state index in [1.54, 1.807) is 18.2 Å². The van der Waals surface area contributed by atoms with Crippen LogP contribution in [0.5, 0.6) is 0 Å². The van der Waals surface area contributed by atoms with Gasteiger partial charge in [-0.1, -0.05) is 43.1 Å². The quantitative estimate of drug-likeness (QED) is 0.771. The molecule has 0 aromatic heterocycles. The van der Waals surface area contributed by atoms with Crippen LogP contribution in [-0.2, 0) is 9.59 Å². The molecule has 2 rings (SSSR count). The van der Waals surface area contributed by atoms with E-state index in [1.807, 2.05) is 0 Å². The standard InChI is InChI=1S/C16H20Cl2N2O2/c1-10(2)6-9-19-14(21)16(7-8-16)15(22)20-13-11(17)4-3-5-12(13)18/h3-5,10H,6-9H2,1-2H3,(H,19,21)(H,20,22). The predicted octanol–water partition coefficient (Wildman–Crippen LogP) is 3.87. The minimum atomic E-state index is -0.973. The smallest absolute Gasteiger partial charge is 0.240 e. The van der Waals surface area contributed by atoms with Gasteiger partial charge in [0.1, 0.15) is 5.41 Å². The van der Waals surface area contributed by atoms with Crippen LogP contribution in [0, 0.1) is 11.3 Å². The zero-order chi connectivity index (χ0) is 16.3. The Bertz CT molecular complexity index is 563. The van der Waals surface area contributed by atoms with Crippen LogP contribution in [0.2, 0.25) is 10.0 Å². The summed E-state index contributed by atoms with van der Waals surface area (Å²) in [4.78, 5) is 24.7. The third-order valence-electron chi connectivity index (χ3n) is 3.83. The lowest BCUT2D eigenvalue weighted by Crippen LogP contribution is -2.40. The Hall–Kier alpha value is -1.26. The summed E-state index contributed by atoms with van der Waals surface area (Å²) in [6.07, 6.45) is 1.99. The van der Waals surface area contributed by atoms with Crippen molar-refractivity contribution in [3.05, 3.63) is 28.2 Å². The molecule has 0 saturated heterocycles. The molecule has 4 nitrogen and oxygen atoms in total. The summed E-state index contributed by atoms with van der Waals surface area (Å²) in [6.45, 7) is 4.76. The SMILES string of the molecule is CC(C)CCNC(=O)C1(C(=O)Nc2c(Cl)cccc2Cl)CC1. The second-order valence-electron chi connectivity index (χ2n) is 6.07. The molecule has 0 heterocycles.